The van der Waals surface area contributed by atoms with Crippen LogP contribution in [0.3, 0.4) is 0 Å². The van der Waals surface area contributed by atoms with Crippen LogP contribution >= 0.6 is 0 Å². The van der Waals surface area contributed by atoms with Crippen molar-refractivity contribution in [1.82, 2.24) is 10.2 Å². The van der Waals surface area contributed by atoms with Crippen LogP contribution in [0.1, 0.15) is 57.2 Å². The van der Waals surface area contributed by atoms with E-state index < -0.39 is 0 Å². The molecule has 2 heteroatoms. The lowest BCUT2D eigenvalue weighted by molar-refractivity contribution is 0.0613. The maximum atomic E-state index is 3.71. The van der Waals surface area contributed by atoms with Crippen molar-refractivity contribution in [3.05, 3.63) is 35.4 Å². The van der Waals surface area contributed by atoms with Crippen LogP contribution in [0, 0.1) is 6.92 Å². The largest absolute Gasteiger partial charge is 0.309 e. The summed E-state index contributed by atoms with van der Waals surface area (Å²) in [6.45, 7) is 12.6. The second-order valence-corrected chi connectivity index (χ2v) is 6.60. The minimum Gasteiger partial charge on any atom is -0.309 e. The van der Waals surface area contributed by atoms with Crippen LogP contribution in [0.4, 0.5) is 0 Å². The molecule has 1 N–H and O–H groups in total. The summed E-state index contributed by atoms with van der Waals surface area (Å²) in [5, 5.41) is 3.71. The summed E-state index contributed by atoms with van der Waals surface area (Å²) in [6.07, 6.45) is 4.08. The zero-order chi connectivity index (χ0) is 14.6. The number of nitrogens with zero attached hydrogens (tertiary/aromatic N) is 1. The Bertz CT molecular complexity index is 402. The first-order valence-corrected chi connectivity index (χ1v) is 8.10. The van der Waals surface area contributed by atoms with Crippen LogP contribution in [-0.2, 0) is 0 Å². The van der Waals surface area contributed by atoms with E-state index in [-0.39, 0.29) is 5.54 Å². The summed E-state index contributed by atoms with van der Waals surface area (Å²) < 4.78 is 0. The van der Waals surface area contributed by atoms with Crippen LogP contribution in [0.5, 0.6) is 0 Å². The number of piperidine rings is 1. The third-order valence-electron chi connectivity index (χ3n) is 4.70. The molecule has 20 heavy (non-hydrogen) atoms. The fourth-order valence-corrected chi connectivity index (χ4v) is 3.39. The first-order chi connectivity index (χ1) is 9.55. The van der Waals surface area contributed by atoms with E-state index in [1.807, 2.05) is 0 Å². The lowest BCUT2D eigenvalue weighted by Gasteiger charge is -2.46. The lowest BCUT2D eigenvalue weighted by atomic mass is 9.85. The summed E-state index contributed by atoms with van der Waals surface area (Å²) >= 11 is 0. The van der Waals surface area contributed by atoms with Gasteiger partial charge in [-0.2, -0.15) is 0 Å². The molecule has 1 aliphatic heterocycles. The number of likely N-dealkylation sites (N-methyl/N-ethyl adjacent to an activating group) is 1. The molecule has 0 aromatic heterocycles. The Morgan fingerprint density at radius 2 is 1.70 bits per heavy atom. The van der Waals surface area contributed by atoms with Crippen molar-refractivity contribution in [2.75, 3.05) is 19.6 Å². The highest BCUT2D eigenvalue weighted by Gasteiger charge is 2.36. The van der Waals surface area contributed by atoms with Crippen LogP contribution in [0.15, 0.2) is 24.3 Å². The van der Waals surface area contributed by atoms with Crippen molar-refractivity contribution in [3.63, 3.8) is 0 Å². The van der Waals surface area contributed by atoms with Crippen LogP contribution in [0.2, 0.25) is 0 Å². The molecule has 112 valence electrons. The van der Waals surface area contributed by atoms with Crippen molar-refractivity contribution in [2.45, 2.75) is 58.5 Å². The van der Waals surface area contributed by atoms with Gasteiger partial charge in [0, 0.05) is 5.54 Å². The average molecular weight is 274 g/mol. The molecule has 0 spiro atoms. The van der Waals surface area contributed by atoms with Crippen molar-refractivity contribution in [3.8, 4) is 0 Å². The minimum atomic E-state index is 0.158. The summed E-state index contributed by atoms with van der Waals surface area (Å²) in [5.74, 6) is 0. The molecule has 0 bridgehead atoms. The smallest absolute Gasteiger partial charge is 0.0501 e. The fourth-order valence-electron chi connectivity index (χ4n) is 3.39. The summed E-state index contributed by atoms with van der Waals surface area (Å²) in [7, 11) is 0. The average Bonchev–Trinajstić information content (AvgIpc) is 2.47. The minimum absolute atomic E-state index is 0.158. The molecule has 1 aromatic carbocycles. The zero-order valence-corrected chi connectivity index (χ0v) is 13.6. The normalized spacial score (nSPS) is 19.0. The second kappa shape index (κ2) is 6.73. The quantitative estimate of drug-likeness (QED) is 0.875. The zero-order valence-electron chi connectivity index (χ0n) is 13.6. The van der Waals surface area contributed by atoms with E-state index in [1.54, 1.807) is 0 Å². The van der Waals surface area contributed by atoms with Gasteiger partial charge in [0.1, 0.15) is 0 Å². The predicted molar refractivity (Wildman–Crippen MR) is 87.1 cm³/mol. The van der Waals surface area contributed by atoms with Crippen molar-refractivity contribution in [2.24, 2.45) is 0 Å². The van der Waals surface area contributed by atoms with Crippen LogP contribution < -0.4 is 5.32 Å². The van der Waals surface area contributed by atoms with E-state index in [4.69, 9.17) is 0 Å². The van der Waals surface area contributed by atoms with Gasteiger partial charge in [-0.25, -0.2) is 0 Å². The van der Waals surface area contributed by atoms with Gasteiger partial charge < -0.3 is 5.32 Å². The molecule has 0 amide bonds. The molecule has 1 aromatic rings. The molecule has 1 aliphatic rings. The van der Waals surface area contributed by atoms with Crippen molar-refractivity contribution in [1.29, 1.82) is 0 Å². The molecule has 2 rings (SSSR count). The van der Waals surface area contributed by atoms with Gasteiger partial charge in [-0.1, -0.05) is 43.2 Å². The Hall–Kier alpha value is -0.860. The highest BCUT2D eigenvalue weighted by molar-refractivity contribution is 5.26. The van der Waals surface area contributed by atoms with Gasteiger partial charge in [0.25, 0.3) is 0 Å². The SMILES string of the molecule is CCNC(c1ccc(C)cc1)C(C)(C)N1CCCCC1. The number of hydrogen-bond acceptors (Lipinski definition) is 2. The first-order valence-electron chi connectivity index (χ1n) is 8.10. The number of nitrogens with one attached hydrogen (secondary N) is 1. The van der Waals surface area contributed by atoms with Gasteiger partial charge in [0.05, 0.1) is 6.04 Å². The lowest BCUT2D eigenvalue weighted by Crippen LogP contribution is -2.54. The molecule has 1 saturated heterocycles. The maximum Gasteiger partial charge on any atom is 0.0501 e. The number of likely N-dealkylation sites (tertiary alicyclic amines) is 1. The maximum absolute atomic E-state index is 3.71. The topological polar surface area (TPSA) is 15.3 Å². The molecule has 1 unspecified atom stereocenters. The van der Waals surface area contributed by atoms with E-state index in [1.165, 1.54) is 43.5 Å². The van der Waals surface area contributed by atoms with Gasteiger partial charge in [-0.15, -0.1) is 0 Å². The highest BCUT2D eigenvalue weighted by Crippen LogP contribution is 2.33. The van der Waals surface area contributed by atoms with Gasteiger partial charge in [-0.3, -0.25) is 4.90 Å². The molecule has 0 radical (unpaired) electrons. The fraction of sp³-hybridized carbons (Fsp3) is 0.667. The Morgan fingerprint density at radius 1 is 1.10 bits per heavy atom. The number of hydrogen-bond donors (Lipinski definition) is 1. The van der Waals surface area contributed by atoms with E-state index in [0.29, 0.717) is 6.04 Å². The Morgan fingerprint density at radius 3 is 2.25 bits per heavy atom. The van der Waals surface area contributed by atoms with E-state index in [2.05, 4.69) is 62.2 Å². The van der Waals surface area contributed by atoms with Crippen LogP contribution in [-0.4, -0.2) is 30.1 Å². The van der Waals surface area contributed by atoms with E-state index in [9.17, 15) is 0 Å². The second-order valence-electron chi connectivity index (χ2n) is 6.60. The number of benzene rings is 1. The van der Waals surface area contributed by atoms with Gasteiger partial charge in [-0.05, 0) is 58.8 Å². The molecule has 0 aliphatic carbocycles. The van der Waals surface area contributed by atoms with Gasteiger partial charge in [0.15, 0.2) is 0 Å². The molecular formula is C18H30N2. The molecule has 1 heterocycles. The van der Waals surface area contributed by atoms with Gasteiger partial charge >= 0.3 is 0 Å². The first kappa shape index (κ1) is 15.5. The Balaban J connectivity index is 2.23. The molecule has 2 nitrogen and oxygen atoms in total. The molecule has 0 saturated carbocycles. The molecular weight excluding hydrogens is 244 g/mol. The Labute approximate surface area is 124 Å². The standard InChI is InChI=1S/C18H30N2/c1-5-19-17(16-11-9-15(2)10-12-16)18(3,4)20-13-7-6-8-14-20/h9-12,17,19H,5-8,13-14H2,1-4H3. The van der Waals surface area contributed by atoms with Crippen LogP contribution in [0.25, 0.3) is 0 Å². The van der Waals surface area contributed by atoms with Gasteiger partial charge in [0.2, 0.25) is 0 Å². The highest BCUT2D eigenvalue weighted by atomic mass is 15.2. The molecule has 1 fully saturated rings. The Kier molecular flexibility index (Phi) is 5.22. The third kappa shape index (κ3) is 3.42. The summed E-state index contributed by atoms with van der Waals surface area (Å²) in [4.78, 5) is 2.67. The van der Waals surface area contributed by atoms with E-state index in [0.717, 1.165) is 6.54 Å². The van der Waals surface area contributed by atoms with E-state index >= 15 is 0 Å². The number of rotatable bonds is 5. The number of aryl methyl sites for hydroxylation is 1. The predicted octanol–water partition coefficient (Wildman–Crippen LogP) is 3.91. The monoisotopic (exact) mass is 274 g/mol. The molecule has 1 atom stereocenters. The van der Waals surface area contributed by atoms with Crippen molar-refractivity contribution >= 4 is 0 Å². The third-order valence-corrected chi connectivity index (χ3v) is 4.70. The summed E-state index contributed by atoms with van der Waals surface area (Å²) in [6, 6.07) is 9.42. The van der Waals surface area contributed by atoms with Crippen molar-refractivity contribution < 1.29 is 0 Å². The summed E-state index contributed by atoms with van der Waals surface area (Å²) in [5.41, 5.74) is 2.90.